The number of esters is 1. The fourth-order valence-corrected chi connectivity index (χ4v) is 0.809. The lowest BCUT2D eigenvalue weighted by atomic mass is 10.3. The largest absolute Gasteiger partial charge is 0.461 e. The Labute approximate surface area is 101 Å². The standard InChI is InChI=1S/C12H13N3O2/c1-3-12(16)17-8-7-15(2)6-4-5-11(9-13)10-14/h3-6H,1,7-8H2,2H3/b6-4+. The van der Waals surface area contributed by atoms with Crippen molar-refractivity contribution in [2.45, 2.75) is 0 Å². The number of hydrogen-bond donors (Lipinski definition) is 0. The highest BCUT2D eigenvalue weighted by molar-refractivity contribution is 5.81. The average molecular weight is 231 g/mol. The lowest BCUT2D eigenvalue weighted by molar-refractivity contribution is -0.137. The zero-order valence-corrected chi connectivity index (χ0v) is 9.59. The maximum Gasteiger partial charge on any atom is 0.330 e. The summed E-state index contributed by atoms with van der Waals surface area (Å²) >= 11 is 0. The second-order valence-electron chi connectivity index (χ2n) is 3.00. The Bertz CT molecular complexity index is 394. The van der Waals surface area contributed by atoms with Gasteiger partial charge in [0.15, 0.2) is 0 Å². The van der Waals surface area contributed by atoms with Crippen LogP contribution < -0.4 is 0 Å². The number of nitriles is 2. The van der Waals surface area contributed by atoms with Crippen LogP contribution in [-0.4, -0.2) is 31.1 Å². The van der Waals surface area contributed by atoms with E-state index in [1.54, 1.807) is 36.4 Å². The van der Waals surface area contributed by atoms with Crippen molar-refractivity contribution in [1.29, 1.82) is 10.5 Å². The monoisotopic (exact) mass is 231 g/mol. The summed E-state index contributed by atoms with van der Waals surface area (Å²) in [5, 5.41) is 16.9. The molecular weight excluding hydrogens is 218 g/mol. The predicted octanol–water partition coefficient (Wildman–Crippen LogP) is 1.13. The molecule has 0 aliphatic heterocycles. The maximum atomic E-state index is 10.7. The Balaban J connectivity index is 3.99. The lowest BCUT2D eigenvalue weighted by Gasteiger charge is -2.12. The number of likely N-dealkylation sites (N-methyl/N-ethyl adjacent to an activating group) is 1. The van der Waals surface area contributed by atoms with Gasteiger partial charge in [-0.05, 0) is 18.4 Å². The van der Waals surface area contributed by atoms with Crippen LogP contribution in [0.25, 0.3) is 0 Å². The van der Waals surface area contributed by atoms with Crippen LogP contribution in [0.2, 0.25) is 0 Å². The van der Waals surface area contributed by atoms with E-state index in [4.69, 9.17) is 15.3 Å². The van der Waals surface area contributed by atoms with E-state index in [0.717, 1.165) is 6.08 Å². The molecule has 0 amide bonds. The molecule has 0 aromatic rings. The van der Waals surface area contributed by atoms with Crippen molar-refractivity contribution in [2.24, 2.45) is 0 Å². The van der Waals surface area contributed by atoms with Crippen molar-refractivity contribution >= 4 is 5.97 Å². The predicted molar refractivity (Wildman–Crippen MR) is 62.2 cm³/mol. The van der Waals surface area contributed by atoms with Gasteiger partial charge in [-0.25, -0.2) is 4.79 Å². The van der Waals surface area contributed by atoms with Crippen molar-refractivity contribution in [2.75, 3.05) is 20.2 Å². The number of allylic oxidation sites excluding steroid dienone is 3. The Morgan fingerprint density at radius 3 is 2.65 bits per heavy atom. The SMILES string of the molecule is C=CC(=O)OCCN(C)/C=C/C=C(C#N)C#N. The zero-order valence-electron chi connectivity index (χ0n) is 9.59. The molecule has 0 saturated heterocycles. The van der Waals surface area contributed by atoms with Gasteiger partial charge in [0.25, 0.3) is 0 Å². The maximum absolute atomic E-state index is 10.7. The first-order valence-corrected chi connectivity index (χ1v) is 4.82. The van der Waals surface area contributed by atoms with Crippen LogP contribution in [0.3, 0.4) is 0 Å². The normalized spacial score (nSPS) is 8.88. The molecule has 0 aromatic heterocycles. The first kappa shape index (κ1) is 14.5. The molecule has 0 aliphatic rings. The summed E-state index contributed by atoms with van der Waals surface area (Å²) in [4.78, 5) is 12.5. The molecular formula is C12H13N3O2. The fourth-order valence-electron chi connectivity index (χ4n) is 0.809. The molecule has 0 aliphatic carbocycles. The van der Waals surface area contributed by atoms with Crippen LogP contribution in [0.15, 0.2) is 36.6 Å². The molecule has 88 valence electrons. The fraction of sp³-hybridized carbons (Fsp3) is 0.250. The van der Waals surface area contributed by atoms with E-state index >= 15 is 0 Å². The number of hydrogen-bond acceptors (Lipinski definition) is 5. The van der Waals surface area contributed by atoms with E-state index in [0.29, 0.717) is 6.54 Å². The van der Waals surface area contributed by atoms with Crippen molar-refractivity contribution < 1.29 is 9.53 Å². The highest BCUT2D eigenvalue weighted by Crippen LogP contribution is 1.92. The summed E-state index contributed by atoms with van der Waals surface area (Å²) in [7, 11) is 1.78. The second-order valence-corrected chi connectivity index (χ2v) is 3.00. The van der Waals surface area contributed by atoms with E-state index in [1.165, 1.54) is 6.08 Å². The molecule has 17 heavy (non-hydrogen) atoms. The molecule has 0 atom stereocenters. The van der Waals surface area contributed by atoms with Crippen LogP contribution in [0.4, 0.5) is 0 Å². The second kappa shape index (κ2) is 8.75. The van der Waals surface area contributed by atoms with Crippen molar-refractivity contribution in [3.63, 3.8) is 0 Å². The Morgan fingerprint density at radius 1 is 1.47 bits per heavy atom. The summed E-state index contributed by atoms with van der Waals surface area (Å²) in [5.41, 5.74) is 0.0349. The Kier molecular flexibility index (Phi) is 7.45. The topological polar surface area (TPSA) is 77.1 Å². The molecule has 0 bridgehead atoms. The summed E-state index contributed by atoms with van der Waals surface area (Å²) in [6.07, 6.45) is 5.77. The quantitative estimate of drug-likeness (QED) is 0.296. The van der Waals surface area contributed by atoms with Crippen LogP contribution in [0, 0.1) is 22.7 Å². The van der Waals surface area contributed by atoms with Gasteiger partial charge >= 0.3 is 5.97 Å². The Hall–Kier alpha value is -2.53. The molecule has 5 heteroatoms. The third kappa shape index (κ3) is 7.40. The lowest BCUT2D eigenvalue weighted by Crippen LogP contribution is -2.18. The summed E-state index contributed by atoms with van der Waals surface area (Å²) in [6.45, 7) is 4.04. The molecule has 0 aromatic carbocycles. The molecule has 0 rings (SSSR count). The van der Waals surface area contributed by atoms with Gasteiger partial charge in [-0.2, -0.15) is 10.5 Å². The molecule has 0 unspecified atom stereocenters. The number of rotatable bonds is 6. The molecule has 0 fully saturated rings. The first-order valence-electron chi connectivity index (χ1n) is 4.82. The highest BCUT2D eigenvalue weighted by atomic mass is 16.5. The summed E-state index contributed by atoms with van der Waals surface area (Å²) in [6, 6.07) is 3.48. The minimum atomic E-state index is -0.460. The third-order valence-electron chi connectivity index (χ3n) is 1.70. The first-order chi connectivity index (χ1) is 8.13. The molecule has 0 spiro atoms. The van der Waals surface area contributed by atoms with Gasteiger partial charge in [-0.3, -0.25) is 0 Å². The van der Waals surface area contributed by atoms with E-state index in [-0.39, 0.29) is 12.2 Å². The van der Waals surface area contributed by atoms with Crippen LogP contribution in [-0.2, 0) is 9.53 Å². The zero-order chi connectivity index (χ0) is 13.1. The van der Waals surface area contributed by atoms with E-state index in [1.807, 2.05) is 0 Å². The van der Waals surface area contributed by atoms with Crippen molar-refractivity contribution in [3.8, 4) is 12.1 Å². The average Bonchev–Trinajstić information content (AvgIpc) is 2.34. The third-order valence-corrected chi connectivity index (χ3v) is 1.70. The van der Waals surface area contributed by atoms with Crippen molar-refractivity contribution in [3.05, 3.63) is 36.6 Å². The number of carbonyl (C=O) groups is 1. The van der Waals surface area contributed by atoms with Crippen molar-refractivity contribution in [1.82, 2.24) is 4.90 Å². The van der Waals surface area contributed by atoms with Gasteiger partial charge in [0, 0.05) is 13.1 Å². The number of carbonyl (C=O) groups excluding carboxylic acids is 1. The van der Waals surface area contributed by atoms with Crippen LogP contribution in [0.5, 0.6) is 0 Å². The van der Waals surface area contributed by atoms with E-state index < -0.39 is 5.97 Å². The summed E-state index contributed by atoms with van der Waals surface area (Å²) in [5.74, 6) is -0.460. The minimum absolute atomic E-state index is 0.0349. The molecule has 0 heterocycles. The van der Waals surface area contributed by atoms with Gasteiger partial charge in [0.1, 0.15) is 24.3 Å². The minimum Gasteiger partial charge on any atom is -0.461 e. The Morgan fingerprint density at radius 2 is 2.12 bits per heavy atom. The number of nitrogens with zero attached hydrogens (tertiary/aromatic N) is 3. The molecule has 0 N–H and O–H groups in total. The van der Waals surface area contributed by atoms with Crippen LogP contribution in [0.1, 0.15) is 0 Å². The smallest absolute Gasteiger partial charge is 0.330 e. The van der Waals surface area contributed by atoms with Gasteiger partial charge < -0.3 is 9.64 Å². The molecule has 0 radical (unpaired) electrons. The van der Waals surface area contributed by atoms with Gasteiger partial charge in [-0.15, -0.1) is 0 Å². The van der Waals surface area contributed by atoms with Crippen LogP contribution >= 0.6 is 0 Å². The van der Waals surface area contributed by atoms with Gasteiger partial charge in [-0.1, -0.05) is 6.58 Å². The highest BCUT2D eigenvalue weighted by Gasteiger charge is 1.96. The summed E-state index contributed by atoms with van der Waals surface area (Å²) < 4.78 is 4.78. The van der Waals surface area contributed by atoms with Gasteiger partial charge in [0.05, 0.1) is 6.54 Å². The number of ether oxygens (including phenoxy) is 1. The van der Waals surface area contributed by atoms with Gasteiger partial charge in [0.2, 0.25) is 0 Å². The molecule has 0 saturated carbocycles. The molecule has 5 nitrogen and oxygen atoms in total. The van der Waals surface area contributed by atoms with E-state index in [2.05, 4.69) is 6.58 Å². The van der Waals surface area contributed by atoms with E-state index in [9.17, 15) is 4.79 Å².